The van der Waals surface area contributed by atoms with Gasteiger partial charge in [-0.1, -0.05) is 12.1 Å². The van der Waals surface area contributed by atoms with E-state index in [2.05, 4.69) is 28.9 Å². The van der Waals surface area contributed by atoms with E-state index < -0.39 is 0 Å². The lowest BCUT2D eigenvalue weighted by Gasteiger charge is -2.33. The third-order valence-corrected chi connectivity index (χ3v) is 5.02. The smallest absolute Gasteiger partial charge is 0.225 e. The number of carbonyl (C=O) groups is 1. The minimum Gasteiger partial charge on any atom is -0.492 e. The molecule has 23 heavy (non-hydrogen) atoms. The number of amides is 1. The summed E-state index contributed by atoms with van der Waals surface area (Å²) in [5.74, 6) is 1.60. The van der Waals surface area contributed by atoms with Crippen LogP contribution in [0, 0.1) is 12.8 Å². The number of hydrogen-bond acceptors (Lipinski definition) is 3. The van der Waals surface area contributed by atoms with Crippen LogP contribution in [0.15, 0.2) is 24.3 Å². The molecule has 0 saturated carbocycles. The first-order chi connectivity index (χ1) is 11.2. The molecule has 0 unspecified atom stereocenters. The summed E-state index contributed by atoms with van der Waals surface area (Å²) >= 11 is 0. The summed E-state index contributed by atoms with van der Waals surface area (Å²) < 4.78 is 5.83. The van der Waals surface area contributed by atoms with Crippen LogP contribution < -0.4 is 4.74 Å². The van der Waals surface area contributed by atoms with Crippen molar-refractivity contribution in [2.45, 2.75) is 32.6 Å². The Kier molecular flexibility index (Phi) is 5.55. The Hall–Kier alpha value is -1.55. The van der Waals surface area contributed by atoms with Crippen molar-refractivity contribution >= 4 is 5.91 Å². The third kappa shape index (κ3) is 4.47. The normalized spacial score (nSPS) is 20.0. The van der Waals surface area contributed by atoms with Crippen LogP contribution in [0.4, 0.5) is 0 Å². The van der Waals surface area contributed by atoms with Crippen molar-refractivity contribution in [3.8, 4) is 5.75 Å². The third-order valence-electron chi connectivity index (χ3n) is 5.02. The zero-order valence-electron chi connectivity index (χ0n) is 14.2. The predicted octanol–water partition coefficient (Wildman–Crippen LogP) is 2.71. The Morgan fingerprint density at radius 1 is 1.17 bits per heavy atom. The van der Waals surface area contributed by atoms with Crippen LogP contribution in [0.3, 0.4) is 0 Å². The van der Waals surface area contributed by atoms with Crippen LogP contribution in [0.1, 0.15) is 31.2 Å². The van der Waals surface area contributed by atoms with Crippen molar-refractivity contribution < 1.29 is 9.53 Å². The van der Waals surface area contributed by atoms with E-state index in [1.54, 1.807) is 0 Å². The topological polar surface area (TPSA) is 32.8 Å². The van der Waals surface area contributed by atoms with Gasteiger partial charge < -0.3 is 9.64 Å². The van der Waals surface area contributed by atoms with Crippen LogP contribution in [-0.4, -0.2) is 55.0 Å². The molecule has 0 aromatic heterocycles. The van der Waals surface area contributed by atoms with Gasteiger partial charge in [-0.25, -0.2) is 0 Å². The maximum absolute atomic E-state index is 12.4. The summed E-state index contributed by atoms with van der Waals surface area (Å²) in [4.78, 5) is 16.9. The highest BCUT2D eigenvalue weighted by Crippen LogP contribution is 2.22. The zero-order valence-corrected chi connectivity index (χ0v) is 14.2. The number of aryl methyl sites for hydroxylation is 1. The van der Waals surface area contributed by atoms with Crippen LogP contribution >= 0.6 is 0 Å². The first kappa shape index (κ1) is 16.3. The van der Waals surface area contributed by atoms with Gasteiger partial charge in [-0.15, -0.1) is 0 Å². The quantitative estimate of drug-likeness (QED) is 0.837. The Labute approximate surface area is 139 Å². The lowest BCUT2D eigenvalue weighted by atomic mass is 9.95. The first-order valence-electron chi connectivity index (χ1n) is 8.93. The Balaban J connectivity index is 1.36. The molecule has 2 fully saturated rings. The molecular weight excluding hydrogens is 288 g/mol. The molecular formula is C19H28N2O2. The van der Waals surface area contributed by atoms with Crippen LogP contribution in [-0.2, 0) is 4.79 Å². The number of likely N-dealkylation sites (tertiary alicyclic amines) is 2. The van der Waals surface area contributed by atoms with Crippen molar-refractivity contribution in [3.63, 3.8) is 0 Å². The van der Waals surface area contributed by atoms with Crippen molar-refractivity contribution in [1.29, 1.82) is 0 Å². The number of ether oxygens (including phenoxy) is 1. The molecule has 0 spiro atoms. The van der Waals surface area contributed by atoms with Crippen molar-refractivity contribution in [2.75, 3.05) is 39.3 Å². The molecule has 4 heteroatoms. The fourth-order valence-corrected chi connectivity index (χ4v) is 3.60. The van der Waals surface area contributed by atoms with E-state index in [0.29, 0.717) is 12.5 Å². The van der Waals surface area contributed by atoms with Gasteiger partial charge in [-0.05, 0) is 63.4 Å². The summed E-state index contributed by atoms with van der Waals surface area (Å²) in [6.07, 6.45) is 4.36. The lowest BCUT2D eigenvalue weighted by Crippen LogP contribution is -2.42. The number of nitrogens with zero attached hydrogens (tertiary/aromatic N) is 2. The Bertz CT molecular complexity index is 518. The largest absolute Gasteiger partial charge is 0.492 e. The second kappa shape index (κ2) is 7.82. The summed E-state index contributed by atoms with van der Waals surface area (Å²) in [5.41, 5.74) is 1.23. The molecule has 2 aliphatic rings. The molecule has 0 bridgehead atoms. The van der Waals surface area contributed by atoms with E-state index in [1.807, 2.05) is 12.1 Å². The molecule has 1 aromatic rings. The highest BCUT2D eigenvalue weighted by Gasteiger charge is 2.29. The van der Waals surface area contributed by atoms with Gasteiger partial charge in [-0.3, -0.25) is 9.69 Å². The Morgan fingerprint density at radius 3 is 2.61 bits per heavy atom. The molecule has 1 amide bonds. The van der Waals surface area contributed by atoms with Gasteiger partial charge in [0.05, 0.1) is 0 Å². The molecule has 0 radical (unpaired) electrons. The number of rotatable bonds is 5. The summed E-state index contributed by atoms with van der Waals surface area (Å²) in [5, 5.41) is 0. The average Bonchev–Trinajstić information content (AvgIpc) is 3.09. The maximum Gasteiger partial charge on any atom is 0.225 e. The van der Waals surface area contributed by atoms with E-state index in [1.165, 1.54) is 18.4 Å². The van der Waals surface area contributed by atoms with Gasteiger partial charge >= 0.3 is 0 Å². The van der Waals surface area contributed by atoms with Crippen LogP contribution in [0.25, 0.3) is 0 Å². The van der Waals surface area contributed by atoms with E-state index in [9.17, 15) is 4.79 Å². The monoisotopic (exact) mass is 316 g/mol. The minimum atomic E-state index is 0.252. The van der Waals surface area contributed by atoms with Crippen molar-refractivity contribution in [2.24, 2.45) is 5.92 Å². The van der Waals surface area contributed by atoms with Crippen molar-refractivity contribution in [1.82, 2.24) is 9.80 Å². The molecule has 4 nitrogen and oxygen atoms in total. The van der Waals surface area contributed by atoms with Crippen LogP contribution in [0.5, 0.6) is 5.75 Å². The minimum absolute atomic E-state index is 0.252. The Morgan fingerprint density at radius 2 is 1.91 bits per heavy atom. The van der Waals surface area contributed by atoms with E-state index in [0.717, 1.165) is 51.3 Å². The molecule has 2 aliphatic heterocycles. The highest BCUT2D eigenvalue weighted by atomic mass is 16.5. The van der Waals surface area contributed by atoms with Gasteiger partial charge in [-0.2, -0.15) is 0 Å². The molecule has 1 aromatic carbocycles. The number of hydrogen-bond donors (Lipinski definition) is 0. The lowest BCUT2D eigenvalue weighted by molar-refractivity contribution is -0.136. The fraction of sp³-hybridized carbons (Fsp3) is 0.632. The summed E-state index contributed by atoms with van der Waals surface area (Å²) in [6.45, 7) is 7.72. The summed E-state index contributed by atoms with van der Waals surface area (Å²) in [7, 11) is 0. The standard InChI is InChI=1S/C19H28N2O2/c1-16-5-4-6-18(15-16)23-14-13-20-11-7-17(8-12-20)19(22)21-9-2-3-10-21/h4-6,15,17H,2-3,7-14H2,1H3. The summed E-state index contributed by atoms with van der Waals surface area (Å²) in [6, 6.07) is 8.18. The van der Waals surface area contributed by atoms with Gasteiger partial charge in [0.1, 0.15) is 12.4 Å². The molecule has 0 aliphatic carbocycles. The number of piperidine rings is 1. The van der Waals surface area contributed by atoms with Crippen LogP contribution in [0.2, 0.25) is 0 Å². The van der Waals surface area contributed by atoms with E-state index in [-0.39, 0.29) is 5.92 Å². The molecule has 2 heterocycles. The van der Waals surface area contributed by atoms with E-state index in [4.69, 9.17) is 4.74 Å². The van der Waals surface area contributed by atoms with Crippen molar-refractivity contribution in [3.05, 3.63) is 29.8 Å². The molecule has 126 valence electrons. The number of carbonyl (C=O) groups excluding carboxylic acids is 1. The highest BCUT2D eigenvalue weighted by molar-refractivity contribution is 5.79. The second-order valence-electron chi connectivity index (χ2n) is 6.81. The maximum atomic E-state index is 12.4. The van der Waals surface area contributed by atoms with Gasteiger partial charge in [0, 0.05) is 25.6 Å². The molecule has 3 rings (SSSR count). The second-order valence-corrected chi connectivity index (χ2v) is 6.81. The van der Waals surface area contributed by atoms with Gasteiger partial charge in [0.25, 0.3) is 0 Å². The SMILES string of the molecule is Cc1cccc(OCCN2CCC(C(=O)N3CCCC3)CC2)c1. The predicted molar refractivity (Wildman–Crippen MR) is 91.7 cm³/mol. The average molecular weight is 316 g/mol. The van der Waals surface area contributed by atoms with E-state index >= 15 is 0 Å². The molecule has 0 N–H and O–H groups in total. The van der Waals surface area contributed by atoms with Gasteiger partial charge in [0.15, 0.2) is 0 Å². The molecule has 2 saturated heterocycles. The van der Waals surface area contributed by atoms with Gasteiger partial charge in [0.2, 0.25) is 5.91 Å². The number of benzene rings is 1. The zero-order chi connectivity index (χ0) is 16.1. The molecule has 0 atom stereocenters. The fourth-order valence-electron chi connectivity index (χ4n) is 3.60. The first-order valence-corrected chi connectivity index (χ1v) is 8.93.